The normalized spacial score (nSPS) is 13.8. The lowest BCUT2D eigenvalue weighted by molar-refractivity contribution is 0.589. The van der Waals surface area contributed by atoms with Crippen molar-refractivity contribution in [3.05, 3.63) is 241 Å². The van der Waals surface area contributed by atoms with E-state index in [1.807, 2.05) is 0 Å². The third kappa shape index (κ3) is 7.35. The van der Waals surface area contributed by atoms with E-state index >= 15 is 0 Å². The first-order valence-corrected chi connectivity index (χ1v) is 31.8. The Labute approximate surface area is 518 Å². The summed E-state index contributed by atoms with van der Waals surface area (Å²) in [6.07, 6.45) is 0. The zero-order valence-corrected chi connectivity index (χ0v) is 52.7. The van der Waals surface area contributed by atoms with Crippen molar-refractivity contribution < 1.29 is 0 Å². The average molecular weight is 1140 g/mol. The van der Waals surface area contributed by atoms with E-state index in [2.05, 4.69) is 320 Å². The Kier molecular flexibility index (Phi) is 11.0. The van der Waals surface area contributed by atoms with Crippen LogP contribution in [0.2, 0.25) is 0 Å². The molecular weight excluding hydrogens is 1060 g/mol. The van der Waals surface area contributed by atoms with Crippen molar-refractivity contribution in [1.82, 2.24) is 9.13 Å². The maximum absolute atomic E-state index is 2.85. The largest absolute Gasteiger partial charge is 0.312 e. The molecule has 426 valence electrons. The molecular formula is C82H72B2N4. The first kappa shape index (κ1) is 53.0. The van der Waals surface area contributed by atoms with Gasteiger partial charge in [0.25, 0.3) is 13.4 Å². The third-order valence-corrected chi connectivity index (χ3v) is 20.3. The Morgan fingerprint density at radius 2 is 0.614 bits per heavy atom. The molecule has 2 aromatic heterocycles. The molecule has 0 spiro atoms. The molecule has 17 rings (SSSR count). The second-order valence-corrected chi connectivity index (χ2v) is 29.7. The van der Waals surface area contributed by atoms with Crippen LogP contribution in [0.5, 0.6) is 0 Å². The predicted octanol–water partition coefficient (Wildman–Crippen LogP) is 17.6. The fourth-order valence-corrected chi connectivity index (χ4v) is 15.9. The predicted molar refractivity (Wildman–Crippen MR) is 379 cm³/mol. The number of rotatable bonds is 5. The molecule has 11 aromatic carbocycles. The minimum absolute atomic E-state index is 0.0779. The van der Waals surface area contributed by atoms with Crippen LogP contribution in [0.3, 0.4) is 0 Å². The SMILES string of the molecule is CC(C)(C)c1ccc2c(c1)-c1cc(C(C)(C)C)cc3c1B2c1c2c(c(-n4c5ccccc5c5ccccc54)c(N(c4ccccc4)c4ccccc4)c1-n1c4ccccc4c4ccccc41)B1c4ccc(C(C)(C)C)cc4-c4cc(C(C)(C)C)cc(c41)N32. The van der Waals surface area contributed by atoms with Crippen LogP contribution in [0.15, 0.2) is 218 Å². The van der Waals surface area contributed by atoms with Gasteiger partial charge in [-0.05, 0) is 149 Å². The minimum atomic E-state index is -0.168. The van der Waals surface area contributed by atoms with Gasteiger partial charge in [-0.25, -0.2) is 0 Å². The van der Waals surface area contributed by atoms with E-state index in [-0.39, 0.29) is 35.1 Å². The number of hydrogen-bond acceptors (Lipinski definition) is 2. The lowest BCUT2D eigenvalue weighted by Crippen LogP contribution is -2.64. The molecule has 4 aliphatic rings. The first-order valence-electron chi connectivity index (χ1n) is 31.8. The molecule has 0 atom stereocenters. The van der Waals surface area contributed by atoms with E-state index in [4.69, 9.17) is 0 Å². The van der Waals surface area contributed by atoms with Gasteiger partial charge in [0.2, 0.25) is 0 Å². The van der Waals surface area contributed by atoms with Crippen LogP contribution in [0, 0.1) is 0 Å². The Bertz CT molecular complexity index is 4730. The zero-order valence-electron chi connectivity index (χ0n) is 52.7. The van der Waals surface area contributed by atoms with Crippen molar-refractivity contribution in [2.24, 2.45) is 0 Å². The summed E-state index contributed by atoms with van der Waals surface area (Å²) in [6.45, 7) is 28.3. The van der Waals surface area contributed by atoms with Crippen LogP contribution in [0.1, 0.15) is 105 Å². The van der Waals surface area contributed by atoms with Gasteiger partial charge in [0.05, 0.1) is 39.1 Å². The van der Waals surface area contributed by atoms with Crippen molar-refractivity contribution in [2.45, 2.75) is 105 Å². The molecule has 0 bridgehead atoms. The van der Waals surface area contributed by atoms with Crippen LogP contribution in [-0.4, -0.2) is 22.6 Å². The van der Waals surface area contributed by atoms with Crippen LogP contribution in [0.4, 0.5) is 34.1 Å². The molecule has 88 heavy (non-hydrogen) atoms. The molecule has 0 fully saturated rings. The smallest absolute Gasteiger partial charge is 0.251 e. The van der Waals surface area contributed by atoms with E-state index in [9.17, 15) is 0 Å². The van der Waals surface area contributed by atoms with Crippen LogP contribution >= 0.6 is 0 Å². The van der Waals surface area contributed by atoms with Gasteiger partial charge in [0.1, 0.15) is 0 Å². The van der Waals surface area contributed by atoms with E-state index < -0.39 is 0 Å². The Balaban J connectivity index is 1.21. The Morgan fingerprint density at radius 1 is 0.295 bits per heavy atom. The zero-order chi connectivity index (χ0) is 60.2. The molecule has 0 saturated heterocycles. The van der Waals surface area contributed by atoms with Gasteiger partial charge >= 0.3 is 0 Å². The summed E-state index contributed by atoms with van der Waals surface area (Å²) < 4.78 is 5.43. The third-order valence-electron chi connectivity index (χ3n) is 20.3. The van der Waals surface area contributed by atoms with E-state index in [0.29, 0.717) is 0 Å². The highest BCUT2D eigenvalue weighted by molar-refractivity contribution is 7.06. The highest BCUT2D eigenvalue weighted by atomic mass is 15.2. The van der Waals surface area contributed by atoms with Crippen LogP contribution in [-0.2, 0) is 21.7 Å². The number of fused-ring (bicyclic) bond motifs is 16. The van der Waals surface area contributed by atoms with Gasteiger partial charge in [-0.15, -0.1) is 0 Å². The molecule has 6 heteroatoms. The van der Waals surface area contributed by atoms with Crippen molar-refractivity contribution >= 4 is 124 Å². The van der Waals surface area contributed by atoms with E-state index in [1.54, 1.807) is 0 Å². The number of anilines is 6. The van der Waals surface area contributed by atoms with Crippen LogP contribution < -0.4 is 42.6 Å². The lowest BCUT2D eigenvalue weighted by atomic mass is 9.31. The average Bonchev–Trinajstić information content (AvgIpc) is 1.37. The number of aromatic nitrogens is 2. The summed E-state index contributed by atoms with van der Waals surface area (Å²) in [5.41, 5.74) is 32.6. The van der Waals surface area contributed by atoms with Crippen molar-refractivity contribution in [1.29, 1.82) is 0 Å². The standard InChI is InChI=1S/C82H72B2N4/c1-79(2,3)49-39-41-63-59(43-49)61-45-51(81(7,8)9)47-69-71(61)83(63)73-75-74(84-64-42-40-50(80(4,5)6)44-60(64)62-46-52(82(10,11)12)48-70(72(62)84)88(69)75)77(87-67-37-25-21-33-57(67)58-34-22-26-38-68(58)87)78(85(53-27-15-13-16-28-53)54-29-17-14-18-30-54)76(73)86-65-35-23-19-31-55(65)56-32-20-24-36-66(56)86/h13-48H,1-12H3. The molecule has 0 aliphatic carbocycles. The summed E-state index contributed by atoms with van der Waals surface area (Å²) in [4.78, 5) is 5.50. The fraction of sp³-hybridized carbons (Fsp3) is 0.195. The number of nitrogens with zero attached hydrogens (tertiary/aromatic N) is 4. The van der Waals surface area contributed by atoms with Crippen molar-refractivity contribution in [2.75, 3.05) is 9.80 Å². The van der Waals surface area contributed by atoms with E-state index in [1.165, 1.54) is 149 Å². The Hall–Kier alpha value is -9.25. The summed E-state index contributed by atoms with van der Waals surface area (Å²) in [7, 11) is 0. The maximum Gasteiger partial charge on any atom is 0.251 e. The molecule has 0 N–H and O–H groups in total. The van der Waals surface area contributed by atoms with Gasteiger partial charge in [0, 0.05) is 50.0 Å². The van der Waals surface area contributed by atoms with Crippen molar-refractivity contribution in [3.8, 4) is 33.6 Å². The lowest BCUT2D eigenvalue weighted by Gasteiger charge is -2.47. The Morgan fingerprint density at radius 3 is 0.955 bits per heavy atom. The van der Waals surface area contributed by atoms with Crippen LogP contribution in [0.25, 0.3) is 77.2 Å². The quantitative estimate of drug-likeness (QED) is 0.160. The fourth-order valence-electron chi connectivity index (χ4n) is 15.9. The molecule has 4 aliphatic heterocycles. The van der Waals surface area contributed by atoms with Crippen molar-refractivity contribution in [3.63, 3.8) is 0 Å². The topological polar surface area (TPSA) is 16.3 Å². The molecule has 0 unspecified atom stereocenters. The van der Waals surface area contributed by atoms with Gasteiger partial charge in [-0.3, -0.25) is 0 Å². The first-order chi connectivity index (χ1) is 42.3. The monoisotopic (exact) mass is 1130 g/mol. The number of hydrogen-bond donors (Lipinski definition) is 0. The molecule has 0 amide bonds. The number of benzene rings is 11. The van der Waals surface area contributed by atoms with Gasteiger partial charge < -0.3 is 18.9 Å². The maximum atomic E-state index is 2.85. The summed E-state index contributed by atoms with van der Waals surface area (Å²) in [6, 6.07) is 84.9. The van der Waals surface area contributed by atoms with Gasteiger partial charge in [0.15, 0.2) is 0 Å². The second-order valence-electron chi connectivity index (χ2n) is 29.7. The summed E-state index contributed by atoms with van der Waals surface area (Å²) >= 11 is 0. The summed E-state index contributed by atoms with van der Waals surface area (Å²) in [5, 5.41) is 4.92. The highest BCUT2D eigenvalue weighted by Crippen LogP contribution is 2.54. The van der Waals surface area contributed by atoms with Gasteiger partial charge in [-0.2, -0.15) is 0 Å². The highest BCUT2D eigenvalue weighted by Gasteiger charge is 2.55. The summed E-state index contributed by atoms with van der Waals surface area (Å²) in [5.74, 6) is 0. The molecule has 13 aromatic rings. The van der Waals surface area contributed by atoms with Gasteiger partial charge in [-0.1, -0.05) is 252 Å². The minimum Gasteiger partial charge on any atom is -0.312 e. The number of para-hydroxylation sites is 6. The molecule has 0 saturated carbocycles. The molecule has 0 radical (unpaired) electrons. The molecule has 6 heterocycles. The molecule has 4 nitrogen and oxygen atoms in total. The van der Waals surface area contributed by atoms with E-state index in [0.717, 1.165) is 17.1 Å². The second kappa shape index (κ2) is 18.2.